The Labute approximate surface area is 116 Å². The number of nitrogens with one attached hydrogen (secondary N) is 2. The smallest absolute Gasteiger partial charge is 0.412 e. The van der Waals surface area contributed by atoms with Gasteiger partial charge in [0.25, 0.3) is 0 Å². The van der Waals surface area contributed by atoms with E-state index in [-0.39, 0.29) is 5.75 Å². The number of aromatic hydroxyl groups is 1. The third-order valence-corrected chi connectivity index (χ3v) is 2.45. The van der Waals surface area contributed by atoms with Gasteiger partial charge in [0.05, 0.1) is 6.20 Å². The Hall–Kier alpha value is -2.50. The Morgan fingerprint density at radius 2 is 2.15 bits per heavy atom. The molecule has 3 N–H and O–H groups in total. The van der Waals surface area contributed by atoms with Crippen LogP contribution in [0.3, 0.4) is 0 Å². The van der Waals surface area contributed by atoms with Crippen molar-refractivity contribution in [1.82, 2.24) is 10.2 Å². The van der Waals surface area contributed by atoms with Crippen molar-refractivity contribution in [2.75, 3.05) is 5.32 Å². The van der Waals surface area contributed by atoms with Gasteiger partial charge in [-0.15, -0.1) is 0 Å². The van der Waals surface area contributed by atoms with Gasteiger partial charge in [-0.1, -0.05) is 0 Å². The van der Waals surface area contributed by atoms with Crippen LogP contribution in [0.25, 0.3) is 11.1 Å². The van der Waals surface area contributed by atoms with Crippen LogP contribution in [0.2, 0.25) is 0 Å². The summed E-state index contributed by atoms with van der Waals surface area (Å²) in [6.07, 6.45) is 2.72. The minimum absolute atomic E-state index is 0.0555. The quantitative estimate of drug-likeness (QED) is 0.785. The summed E-state index contributed by atoms with van der Waals surface area (Å²) in [6.45, 7) is 5.35. The van der Waals surface area contributed by atoms with Gasteiger partial charge in [0.2, 0.25) is 0 Å². The maximum Gasteiger partial charge on any atom is 0.412 e. The molecule has 6 heteroatoms. The molecule has 0 saturated carbocycles. The molecule has 0 radical (unpaired) electrons. The molecule has 0 atom stereocenters. The second-order valence-electron chi connectivity index (χ2n) is 5.35. The summed E-state index contributed by atoms with van der Waals surface area (Å²) in [4.78, 5) is 11.6. The number of phenolic OH excluding ortho intramolecular Hbond substituents is 1. The number of amides is 1. The fourth-order valence-corrected chi connectivity index (χ4v) is 1.67. The van der Waals surface area contributed by atoms with Gasteiger partial charge in [-0.2, -0.15) is 5.10 Å². The van der Waals surface area contributed by atoms with Crippen LogP contribution in [0.5, 0.6) is 5.75 Å². The lowest BCUT2D eigenvalue weighted by molar-refractivity contribution is 0.0636. The zero-order valence-electron chi connectivity index (χ0n) is 11.6. The Morgan fingerprint density at radius 3 is 2.70 bits per heavy atom. The second kappa shape index (κ2) is 5.24. The van der Waals surface area contributed by atoms with Gasteiger partial charge < -0.3 is 9.84 Å². The molecule has 0 bridgehead atoms. The van der Waals surface area contributed by atoms with E-state index in [9.17, 15) is 9.90 Å². The highest BCUT2D eigenvalue weighted by Gasteiger charge is 2.16. The number of hydrogen-bond donors (Lipinski definition) is 3. The van der Waals surface area contributed by atoms with Gasteiger partial charge in [0, 0.05) is 29.1 Å². The van der Waals surface area contributed by atoms with Gasteiger partial charge in [-0.25, -0.2) is 4.79 Å². The molecule has 1 amide bonds. The van der Waals surface area contributed by atoms with Crippen molar-refractivity contribution in [2.24, 2.45) is 0 Å². The molecule has 6 nitrogen and oxygen atoms in total. The number of H-pyrrole nitrogens is 1. The number of rotatable bonds is 2. The zero-order chi connectivity index (χ0) is 14.8. The maximum atomic E-state index is 11.6. The molecule has 0 aliphatic carbocycles. The molecule has 1 aromatic carbocycles. The summed E-state index contributed by atoms with van der Waals surface area (Å²) >= 11 is 0. The van der Waals surface area contributed by atoms with Crippen molar-refractivity contribution in [3.8, 4) is 16.9 Å². The number of carbonyl (C=O) groups is 1. The minimum Gasteiger partial charge on any atom is -0.507 e. The van der Waals surface area contributed by atoms with E-state index in [0.717, 1.165) is 5.56 Å². The first-order chi connectivity index (χ1) is 9.35. The van der Waals surface area contributed by atoms with Crippen LogP contribution in [0.1, 0.15) is 20.8 Å². The SMILES string of the molecule is CC(C)(C)OC(=O)Nc1ccc(-c2cn[nH]c2)c(O)c1. The number of hydrogen-bond acceptors (Lipinski definition) is 4. The summed E-state index contributed by atoms with van der Waals surface area (Å²) in [6, 6.07) is 4.85. The van der Waals surface area contributed by atoms with E-state index in [1.165, 1.54) is 6.07 Å². The molecule has 1 aromatic heterocycles. The molecule has 0 aliphatic heterocycles. The van der Waals surface area contributed by atoms with Crippen LogP contribution in [0.15, 0.2) is 30.6 Å². The standard InChI is InChI=1S/C14H17N3O3/c1-14(2,3)20-13(19)17-10-4-5-11(12(18)6-10)9-7-15-16-8-9/h4-8,18H,1-3H3,(H,15,16)(H,17,19). The second-order valence-corrected chi connectivity index (χ2v) is 5.35. The van der Waals surface area contributed by atoms with E-state index < -0.39 is 11.7 Å². The van der Waals surface area contributed by atoms with Gasteiger partial charge in [0.1, 0.15) is 11.4 Å². The van der Waals surface area contributed by atoms with E-state index in [1.54, 1.807) is 45.3 Å². The fourth-order valence-electron chi connectivity index (χ4n) is 1.67. The average molecular weight is 275 g/mol. The third kappa shape index (κ3) is 3.50. The largest absolute Gasteiger partial charge is 0.507 e. The van der Waals surface area contributed by atoms with Gasteiger partial charge >= 0.3 is 6.09 Å². The highest BCUT2D eigenvalue weighted by molar-refractivity contribution is 5.86. The van der Waals surface area contributed by atoms with Gasteiger partial charge in [-0.05, 0) is 32.9 Å². The molecule has 0 saturated heterocycles. The Morgan fingerprint density at radius 1 is 1.40 bits per heavy atom. The summed E-state index contributed by atoms with van der Waals surface area (Å²) in [5, 5.41) is 19.0. The van der Waals surface area contributed by atoms with E-state index in [1.807, 2.05) is 0 Å². The van der Waals surface area contributed by atoms with E-state index in [0.29, 0.717) is 11.3 Å². The average Bonchev–Trinajstić information content (AvgIpc) is 2.79. The van der Waals surface area contributed by atoms with Crippen LogP contribution in [-0.4, -0.2) is 27.0 Å². The van der Waals surface area contributed by atoms with Crippen LogP contribution < -0.4 is 5.32 Å². The predicted octanol–water partition coefficient (Wildman–Crippen LogP) is 3.13. The molecule has 1 heterocycles. The molecule has 0 unspecified atom stereocenters. The third-order valence-electron chi connectivity index (χ3n) is 2.45. The van der Waals surface area contributed by atoms with E-state index >= 15 is 0 Å². The van der Waals surface area contributed by atoms with Gasteiger partial charge in [-0.3, -0.25) is 10.4 Å². The summed E-state index contributed by atoms with van der Waals surface area (Å²) in [5.41, 5.74) is 1.30. The molecular formula is C14H17N3O3. The van der Waals surface area contributed by atoms with Crippen LogP contribution in [0, 0.1) is 0 Å². The predicted molar refractivity (Wildman–Crippen MR) is 75.5 cm³/mol. The van der Waals surface area contributed by atoms with Crippen molar-refractivity contribution in [2.45, 2.75) is 26.4 Å². The molecule has 2 aromatic rings. The first kappa shape index (κ1) is 13.9. The van der Waals surface area contributed by atoms with Crippen molar-refractivity contribution in [3.63, 3.8) is 0 Å². The lowest BCUT2D eigenvalue weighted by Crippen LogP contribution is -2.27. The minimum atomic E-state index is -0.567. The number of nitrogens with zero attached hydrogens (tertiary/aromatic N) is 1. The number of anilines is 1. The number of aromatic nitrogens is 2. The molecular weight excluding hydrogens is 258 g/mol. The van der Waals surface area contributed by atoms with E-state index in [4.69, 9.17) is 4.74 Å². The summed E-state index contributed by atoms with van der Waals surface area (Å²) < 4.78 is 5.14. The normalized spacial score (nSPS) is 11.2. The van der Waals surface area contributed by atoms with Crippen molar-refractivity contribution < 1.29 is 14.6 Å². The number of phenols is 1. The Balaban J connectivity index is 2.12. The zero-order valence-corrected chi connectivity index (χ0v) is 11.6. The summed E-state index contributed by atoms with van der Waals surface area (Å²) in [5.74, 6) is 0.0555. The molecule has 106 valence electrons. The molecule has 0 spiro atoms. The number of carbonyl (C=O) groups excluding carboxylic acids is 1. The number of benzene rings is 1. The topological polar surface area (TPSA) is 87.2 Å². The lowest BCUT2D eigenvalue weighted by Gasteiger charge is -2.19. The van der Waals surface area contributed by atoms with Crippen LogP contribution in [-0.2, 0) is 4.74 Å². The van der Waals surface area contributed by atoms with Gasteiger partial charge in [0.15, 0.2) is 0 Å². The highest BCUT2D eigenvalue weighted by atomic mass is 16.6. The monoisotopic (exact) mass is 275 g/mol. The molecule has 2 rings (SSSR count). The van der Waals surface area contributed by atoms with Crippen molar-refractivity contribution in [3.05, 3.63) is 30.6 Å². The number of ether oxygens (including phenoxy) is 1. The van der Waals surface area contributed by atoms with Crippen molar-refractivity contribution >= 4 is 11.8 Å². The fraction of sp³-hybridized carbons (Fsp3) is 0.286. The van der Waals surface area contributed by atoms with Crippen LogP contribution >= 0.6 is 0 Å². The Kier molecular flexibility index (Phi) is 3.65. The molecule has 0 aliphatic rings. The first-order valence-electron chi connectivity index (χ1n) is 6.17. The molecule has 20 heavy (non-hydrogen) atoms. The lowest BCUT2D eigenvalue weighted by atomic mass is 10.1. The highest BCUT2D eigenvalue weighted by Crippen LogP contribution is 2.30. The Bertz CT molecular complexity index is 601. The molecule has 0 fully saturated rings. The number of aromatic amines is 1. The van der Waals surface area contributed by atoms with E-state index in [2.05, 4.69) is 15.5 Å². The van der Waals surface area contributed by atoms with Crippen LogP contribution in [0.4, 0.5) is 10.5 Å². The maximum absolute atomic E-state index is 11.6. The first-order valence-corrected chi connectivity index (χ1v) is 6.17. The van der Waals surface area contributed by atoms with Crippen molar-refractivity contribution in [1.29, 1.82) is 0 Å². The summed E-state index contributed by atoms with van der Waals surface area (Å²) in [7, 11) is 0.